The molecule has 0 unspecified atom stereocenters. The third-order valence-electron chi connectivity index (χ3n) is 8.94. The summed E-state index contributed by atoms with van der Waals surface area (Å²) in [5.74, 6) is 0.182. The first kappa shape index (κ1) is 27.3. The Morgan fingerprint density at radius 3 is 1.77 bits per heavy atom. The molecule has 0 atom stereocenters. The van der Waals surface area contributed by atoms with Gasteiger partial charge in [-0.1, -0.05) is 78.9 Å². The summed E-state index contributed by atoms with van der Waals surface area (Å²) in [7, 11) is 2.12. The van der Waals surface area contributed by atoms with Crippen molar-refractivity contribution in [2.75, 3.05) is 52.9 Å². The van der Waals surface area contributed by atoms with Crippen LogP contribution >= 0.6 is 0 Å². The van der Waals surface area contributed by atoms with Crippen molar-refractivity contribution in [1.29, 1.82) is 0 Å². The van der Waals surface area contributed by atoms with E-state index >= 15 is 0 Å². The number of carbonyl (C=O) groups is 2. The smallest absolute Gasteiger partial charge is 0.233 e. The molecule has 5 heteroatoms. The summed E-state index contributed by atoms with van der Waals surface area (Å²) in [6.45, 7) is 9.41. The van der Waals surface area contributed by atoms with Crippen LogP contribution in [0.15, 0.2) is 78.9 Å². The lowest BCUT2D eigenvalue weighted by Gasteiger charge is -2.45. The van der Waals surface area contributed by atoms with Crippen molar-refractivity contribution in [2.24, 2.45) is 0 Å². The minimum absolute atomic E-state index is 0.219. The number of aryl methyl sites for hydroxylation is 2. The van der Waals surface area contributed by atoms with E-state index in [1.807, 2.05) is 42.5 Å². The number of piperidine rings is 1. The minimum atomic E-state index is -0.526. The largest absolute Gasteiger partial charge is 0.339 e. The first-order valence-corrected chi connectivity index (χ1v) is 14.3. The van der Waals surface area contributed by atoms with E-state index in [9.17, 15) is 9.59 Å². The third-order valence-corrected chi connectivity index (χ3v) is 8.94. The van der Waals surface area contributed by atoms with Gasteiger partial charge >= 0.3 is 0 Å². The van der Waals surface area contributed by atoms with Gasteiger partial charge in [0.2, 0.25) is 5.91 Å². The molecule has 0 saturated carbocycles. The van der Waals surface area contributed by atoms with Gasteiger partial charge in [0.25, 0.3) is 0 Å². The van der Waals surface area contributed by atoms with E-state index in [-0.39, 0.29) is 17.6 Å². The fourth-order valence-electron chi connectivity index (χ4n) is 6.44. The molecular formula is C34H41N3O2. The molecule has 0 spiro atoms. The van der Waals surface area contributed by atoms with E-state index in [4.69, 9.17) is 0 Å². The second-order valence-corrected chi connectivity index (χ2v) is 11.4. The number of ketones is 1. The van der Waals surface area contributed by atoms with Gasteiger partial charge < -0.3 is 9.80 Å². The van der Waals surface area contributed by atoms with E-state index in [1.54, 1.807) is 0 Å². The number of rotatable bonds is 7. The molecular weight excluding hydrogens is 482 g/mol. The normalized spacial score (nSPS) is 18.3. The molecule has 2 aliphatic rings. The van der Waals surface area contributed by atoms with Gasteiger partial charge in [-0.15, -0.1) is 0 Å². The van der Waals surface area contributed by atoms with E-state index in [2.05, 4.69) is 72.0 Å². The summed E-state index contributed by atoms with van der Waals surface area (Å²) >= 11 is 0. The fraction of sp³-hybridized carbons (Fsp3) is 0.412. The second kappa shape index (κ2) is 11.8. The number of amides is 1. The van der Waals surface area contributed by atoms with Crippen LogP contribution in [-0.2, 0) is 15.0 Å². The van der Waals surface area contributed by atoms with Gasteiger partial charge in [0, 0.05) is 26.2 Å². The van der Waals surface area contributed by atoms with Crippen molar-refractivity contribution >= 4 is 11.7 Å². The molecule has 0 N–H and O–H groups in total. The summed E-state index contributed by atoms with van der Waals surface area (Å²) in [4.78, 5) is 34.7. The monoisotopic (exact) mass is 523 g/mol. The zero-order valence-corrected chi connectivity index (χ0v) is 23.6. The molecule has 5 nitrogen and oxygen atoms in total. The number of benzene rings is 3. The maximum absolute atomic E-state index is 14.1. The van der Waals surface area contributed by atoms with Crippen LogP contribution in [0.5, 0.6) is 0 Å². The number of carbonyl (C=O) groups excluding carboxylic acids is 2. The van der Waals surface area contributed by atoms with E-state index in [1.165, 1.54) is 0 Å². The Morgan fingerprint density at radius 1 is 0.718 bits per heavy atom. The van der Waals surface area contributed by atoms with Gasteiger partial charge in [-0.3, -0.25) is 14.5 Å². The highest BCUT2D eigenvalue weighted by Crippen LogP contribution is 2.38. The average Bonchev–Trinajstić information content (AvgIpc) is 2.96. The van der Waals surface area contributed by atoms with Crippen molar-refractivity contribution in [3.8, 4) is 0 Å². The molecule has 3 aromatic rings. The maximum atomic E-state index is 14.1. The van der Waals surface area contributed by atoms with Crippen LogP contribution in [0.3, 0.4) is 0 Å². The highest BCUT2D eigenvalue weighted by atomic mass is 16.2. The summed E-state index contributed by atoms with van der Waals surface area (Å²) in [6.07, 6.45) is 1.46. The Hall–Kier alpha value is -3.28. The van der Waals surface area contributed by atoms with Crippen LogP contribution in [0.25, 0.3) is 0 Å². The molecule has 2 aliphatic heterocycles. The predicted molar refractivity (Wildman–Crippen MR) is 157 cm³/mol. The summed E-state index contributed by atoms with van der Waals surface area (Å²) < 4.78 is 0. The minimum Gasteiger partial charge on any atom is -0.339 e. The second-order valence-electron chi connectivity index (χ2n) is 11.4. The Kier molecular flexibility index (Phi) is 8.29. The lowest BCUT2D eigenvalue weighted by atomic mass is 9.71. The lowest BCUT2D eigenvalue weighted by Crippen LogP contribution is -2.57. The molecule has 0 radical (unpaired) electrons. The molecule has 5 rings (SSSR count). The van der Waals surface area contributed by atoms with E-state index in [0.717, 1.165) is 79.9 Å². The molecule has 2 fully saturated rings. The molecule has 1 amide bonds. The molecule has 204 valence electrons. The summed E-state index contributed by atoms with van der Waals surface area (Å²) in [5.41, 5.74) is 5.02. The zero-order valence-electron chi connectivity index (χ0n) is 23.6. The highest BCUT2D eigenvalue weighted by Gasteiger charge is 2.45. The topological polar surface area (TPSA) is 43.9 Å². The van der Waals surface area contributed by atoms with Crippen LogP contribution in [0.2, 0.25) is 0 Å². The number of nitrogens with zero attached hydrogens (tertiary/aromatic N) is 3. The highest BCUT2D eigenvalue weighted by molar-refractivity contribution is 5.92. The first-order chi connectivity index (χ1) is 18.9. The van der Waals surface area contributed by atoms with Crippen LogP contribution in [0.1, 0.15) is 46.6 Å². The van der Waals surface area contributed by atoms with E-state index < -0.39 is 5.41 Å². The van der Waals surface area contributed by atoms with Crippen molar-refractivity contribution in [3.63, 3.8) is 0 Å². The number of likely N-dealkylation sites (tertiary alicyclic amines) is 1. The van der Waals surface area contributed by atoms with Gasteiger partial charge in [-0.2, -0.15) is 0 Å². The SMILES string of the molecule is Cc1ccccc1C(C(=O)CN1CCC(C(=O)N2CCN(C)CC2)(c2ccccc2)CC1)c1ccccc1C. The van der Waals surface area contributed by atoms with Crippen molar-refractivity contribution in [1.82, 2.24) is 14.7 Å². The Morgan fingerprint density at radius 2 is 1.23 bits per heavy atom. The molecule has 0 aliphatic carbocycles. The zero-order chi connectivity index (χ0) is 27.4. The number of hydrogen-bond acceptors (Lipinski definition) is 4. The van der Waals surface area contributed by atoms with Crippen molar-refractivity contribution in [3.05, 3.63) is 107 Å². The van der Waals surface area contributed by atoms with Crippen LogP contribution in [-0.4, -0.2) is 79.3 Å². The van der Waals surface area contributed by atoms with Gasteiger partial charge in [0.15, 0.2) is 5.78 Å². The molecule has 2 heterocycles. The van der Waals surface area contributed by atoms with Crippen LogP contribution in [0, 0.1) is 13.8 Å². The number of likely N-dealkylation sites (N-methyl/N-ethyl adjacent to an activating group) is 1. The van der Waals surface area contributed by atoms with Crippen LogP contribution in [0.4, 0.5) is 0 Å². The number of Topliss-reactive ketones (excluding diaryl/α,β-unsaturated/α-hetero) is 1. The third kappa shape index (κ3) is 5.70. The Balaban J connectivity index is 1.36. The van der Waals surface area contributed by atoms with Crippen LogP contribution < -0.4 is 0 Å². The Labute approximate surface area is 233 Å². The standard InChI is InChI=1S/C34H41N3O2/c1-26-11-7-9-15-29(26)32(30-16-10-8-12-27(30)2)31(38)25-36-19-17-34(18-20-36,28-13-5-4-6-14-28)33(39)37-23-21-35(3)22-24-37/h4-16,32H,17-25H2,1-3H3. The van der Waals surface area contributed by atoms with Crippen molar-refractivity contribution < 1.29 is 9.59 Å². The number of piperazine rings is 1. The molecule has 0 aromatic heterocycles. The van der Waals surface area contributed by atoms with Gasteiger partial charge in [0.05, 0.1) is 17.9 Å². The molecule has 0 bridgehead atoms. The quantitative estimate of drug-likeness (QED) is 0.446. The van der Waals surface area contributed by atoms with Gasteiger partial charge in [0.1, 0.15) is 0 Å². The lowest BCUT2D eigenvalue weighted by molar-refractivity contribution is -0.141. The summed E-state index contributed by atoms with van der Waals surface area (Å²) in [5, 5.41) is 0. The first-order valence-electron chi connectivity index (χ1n) is 14.3. The fourth-order valence-corrected chi connectivity index (χ4v) is 6.44. The molecule has 2 saturated heterocycles. The van der Waals surface area contributed by atoms with Gasteiger partial charge in [-0.05, 0) is 74.6 Å². The predicted octanol–water partition coefficient (Wildman–Crippen LogP) is 4.81. The average molecular weight is 524 g/mol. The van der Waals surface area contributed by atoms with Gasteiger partial charge in [-0.25, -0.2) is 0 Å². The molecule has 39 heavy (non-hydrogen) atoms. The maximum Gasteiger partial charge on any atom is 0.233 e. The van der Waals surface area contributed by atoms with E-state index in [0.29, 0.717) is 6.54 Å². The number of hydrogen-bond donors (Lipinski definition) is 0. The summed E-state index contributed by atoms with van der Waals surface area (Å²) in [6, 6.07) is 26.8. The van der Waals surface area contributed by atoms with Crippen molar-refractivity contribution in [2.45, 2.75) is 38.0 Å². The molecule has 3 aromatic carbocycles. The Bertz CT molecular complexity index is 1240.